The van der Waals surface area contributed by atoms with Crippen molar-refractivity contribution in [3.05, 3.63) is 48.0 Å². The molecule has 0 unspecified atom stereocenters. The largest absolute Gasteiger partial charge is 0.497 e. The van der Waals surface area contributed by atoms with Gasteiger partial charge in [-0.1, -0.05) is 12.1 Å². The molecule has 2 N–H and O–H groups in total. The third-order valence-corrected chi connectivity index (χ3v) is 3.61. The van der Waals surface area contributed by atoms with Gasteiger partial charge in [0, 0.05) is 6.07 Å². The van der Waals surface area contributed by atoms with Crippen LogP contribution in [0.5, 0.6) is 11.5 Å². The van der Waals surface area contributed by atoms with Crippen LogP contribution in [0.2, 0.25) is 0 Å². The minimum absolute atomic E-state index is 0.200. The smallest absolute Gasteiger partial charge is 0.339 e. The number of carbonyl (C=O) groups excluding carboxylic acids is 3. The molecule has 0 spiro atoms. The second kappa shape index (κ2) is 9.23. The maximum atomic E-state index is 12.2. The average Bonchev–Trinajstić information content (AvgIpc) is 2.67. The van der Waals surface area contributed by atoms with Gasteiger partial charge in [0.05, 0.1) is 38.3 Å². The van der Waals surface area contributed by atoms with Crippen molar-refractivity contribution in [3.8, 4) is 11.5 Å². The van der Waals surface area contributed by atoms with Crippen molar-refractivity contribution in [2.24, 2.45) is 0 Å². The highest BCUT2D eigenvalue weighted by Gasteiger charge is 2.16. The van der Waals surface area contributed by atoms with E-state index >= 15 is 0 Å². The van der Waals surface area contributed by atoms with Crippen LogP contribution in [0.1, 0.15) is 16.8 Å². The van der Waals surface area contributed by atoms with Crippen LogP contribution in [0.15, 0.2) is 42.5 Å². The number of amides is 2. The van der Waals surface area contributed by atoms with E-state index in [-0.39, 0.29) is 11.3 Å². The Morgan fingerprint density at radius 3 is 2.15 bits per heavy atom. The Bertz CT molecular complexity index is 850. The molecule has 0 radical (unpaired) electrons. The van der Waals surface area contributed by atoms with Gasteiger partial charge in [0.1, 0.15) is 17.9 Å². The molecule has 0 aromatic heterocycles. The van der Waals surface area contributed by atoms with Gasteiger partial charge >= 0.3 is 5.97 Å². The lowest BCUT2D eigenvalue weighted by molar-refractivity contribution is -0.123. The summed E-state index contributed by atoms with van der Waals surface area (Å²) >= 11 is 0. The fourth-order valence-corrected chi connectivity index (χ4v) is 2.32. The number of methoxy groups -OCH3 is 3. The number of benzene rings is 2. The van der Waals surface area contributed by atoms with Gasteiger partial charge in [0.25, 0.3) is 0 Å². The number of rotatable bonds is 7. The summed E-state index contributed by atoms with van der Waals surface area (Å²) in [6, 6.07) is 11.3. The molecule has 0 saturated carbocycles. The first-order chi connectivity index (χ1) is 13.0. The molecule has 8 heteroatoms. The van der Waals surface area contributed by atoms with Gasteiger partial charge in [-0.25, -0.2) is 4.79 Å². The van der Waals surface area contributed by atoms with Gasteiger partial charge in [0.15, 0.2) is 0 Å². The third kappa shape index (κ3) is 5.21. The Morgan fingerprint density at radius 2 is 1.52 bits per heavy atom. The second-order valence-corrected chi connectivity index (χ2v) is 5.38. The fraction of sp³-hybridized carbons (Fsp3) is 0.211. The highest BCUT2D eigenvalue weighted by atomic mass is 16.5. The molecule has 0 bridgehead atoms. The monoisotopic (exact) mass is 372 g/mol. The quantitative estimate of drug-likeness (QED) is 0.572. The van der Waals surface area contributed by atoms with E-state index in [9.17, 15) is 14.4 Å². The molecule has 2 rings (SSSR count). The van der Waals surface area contributed by atoms with Crippen LogP contribution < -0.4 is 20.1 Å². The van der Waals surface area contributed by atoms with Gasteiger partial charge < -0.3 is 24.8 Å². The van der Waals surface area contributed by atoms with E-state index in [1.807, 2.05) is 0 Å². The summed E-state index contributed by atoms with van der Waals surface area (Å²) in [5.41, 5.74) is 0.876. The van der Waals surface area contributed by atoms with Crippen LogP contribution in [0, 0.1) is 0 Å². The van der Waals surface area contributed by atoms with Crippen molar-refractivity contribution in [2.45, 2.75) is 6.42 Å². The number of esters is 1. The van der Waals surface area contributed by atoms with Crippen molar-refractivity contribution in [1.29, 1.82) is 0 Å². The zero-order valence-corrected chi connectivity index (χ0v) is 15.2. The highest BCUT2D eigenvalue weighted by molar-refractivity contribution is 6.10. The third-order valence-electron chi connectivity index (χ3n) is 3.61. The number of para-hydroxylation sites is 1. The number of carbonyl (C=O) groups is 3. The van der Waals surface area contributed by atoms with E-state index in [0.29, 0.717) is 17.2 Å². The van der Waals surface area contributed by atoms with Crippen molar-refractivity contribution in [3.63, 3.8) is 0 Å². The lowest BCUT2D eigenvalue weighted by atomic mass is 10.1. The van der Waals surface area contributed by atoms with Crippen molar-refractivity contribution in [2.75, 3.05) is 32.0 Å². The molecule has 2 aromatic carbocycles. The normalized spacial score (nSPS) is 9.89. The molecular weight excluding hydrogens is 352 g/mol. The SMILES string of the molecule is COC(=O)c1ccccc1NC(=O)CC(=O)Nc1ccc(OC)cc1OC. The number of anilines is 2. The summed E-state index contributed by atoms with van der Waals surface area (Å²) in [6.07, 6.45) is -0.440. The van der Waals surface area contributed by atoms with Crippen LogP contribution in [0.25, 0.3) is 0 Å². The first-order valence-corrected chi connectivity index (χ1v) is 7.97. The molecular formula is C19H20N2O6. The molecule has 0 aliphatic heterocycles. The summed E-state index contributed by atoms with van der Waals surface area (Å²) in [5, 5.41) is 5.14. The number of hydrogen-bond donors (Lipinski definition) is 2. The van der Waals surface area contributed by atoms with E-state index in [2.05, 4.69) is 15.4 Å². The summed E-state index contributed by atoms with van der Waals surface area (Å²) in [7, 11) is 4.22. The summed E-state index contributed by atoms with van der Waals surface area (Å²) in [5.74, 6) is -0.720. The van der Waals surface area contributed by atoms with Crippen LogP contribution >= 0.6 is 0 Å². The standard InChI is InChI=1S/C19H20N2O6/c1-25-12-8-9-15(16(10-12)26-2)21-18(23)11-17(22)20-14-7-5-4-6-13(14)19(24)27-3/h4-10H,11H2,1-3H3,(H,20,22)(H,21,23). The zero-order valence-electron chi connectivity index (χ0n) is 15.2. The molecule has 8 nitrogen and oxygen atoms in total. The molecule has 142 valence electrons. The zero-order chi connectivity index (χ0) is 19.8. The fourth-order valence-electron chi connectivity index (χ4n) is 2.32. The van der Waals surface area contributed by atoms with Crippen molar-refractivity contribution in [1.82, 2.24) is 0 Å². The predicted octanol–water partition coefficient (Wildman–Crippen LogP) is 2.46. The van der Waals surface area contributed by atoms with Crippen LogP contribution in [-0.4, -0.2) is 39.1 Å². The molecule has 2 aromatic rings. The molecule has 27 heavy (non-hydrogen) atoms. The van der Waals surface area contributed by atoms with Gasteiger partial charge in [-0.2, -0.15) is 0 Å². The molecule has 0 aliphatic rings. The minimum Gasteiger partial charge on any atom is -0.497 e. The number of ether oxygens (including phenoxy) is 3. The molecule has 0 saturated heterocycles. The maximum Gasteiger partial charge on any atom is 0.339 e. The van der Waals surface area contributed by atoms with Gasteiger partial charge in [-0.3, -0.25) is 9.59 Å². The summed E-state index contributed by atoms with van der Waals surface area (Å²) in [6.45, 7) is 0. The highest BCUT2D eigenvalue weighted by Crippen LogP contribution is 2.29. The molecule has 0 atom stereocenters. The van der Waals surface area contributed by atoms with E-state index < -0.39 is 24.2 Å². The minimum atomic E-state index is -0.585. The van der Waals surface area contributed by atoms with Crippen LogP contribution in [0.3, 0.4) is 0 Å². The second-order valence-electron chi connectivity index (χ2n) is 5.38. The van der Waals surface area contributed by atoms with Crippen LogP contribution in [0.4, 0.5) is 11.4 Å². The molecule has 0 fully saturated rings. The van der Waals surface area contributed by atoms with Gasteiger partial charge in [-0.05, 0) is 24.3 Å². The first kappa shape index (κ1) is 19.8. The molecule has 0 heterocycles. The molecule has 2 amide bonds. The molecule has 0 aliphatic carbocycles. The lowest BCUT2D eigenvalue weighted by Gasteiger charge is -2.12. The first-order valence-electron chi connectivity index (χ1n) is 7.97. The maximum absolute atomic E-state index is 12.2. The van der Waals surface area contributed by atoms with Crippen LogP contribution in [-0.2, 0) is 14.3 Å². The predicted molar refractivity (Wildman–Crippen MR) is 99.2 cm³/mol. The summed E-state index contributed by atoms with van der Waals surface area (Å²) in [4.78, 5) is 36.0. The Kier molecular flexibility index (Phi) is 6.76. The average molecular weight is 372 g/mol. The topological polar surface area (TPSA) is 103 Å². The number of hydrogen-bond acceptors (Lipinski definition) is 6. The van der Waals surface area contributed by atoms with E-state index in [1.54, 1.807) is 36.4 Å². The lowest BCUT2D eigenvalue weighted by Crippen LogP contribution is -2.22. The van der Waals surface area contributed by atoms with E-state index in [0.717, 1.165) is 0 Å². The van der Waals surface area contributed by atoms with E-state index in [4.69, 9.17) is 9.47 Å². The summed E-state index contributed by atoms with van der Waals surface area (Å²) < 4.78 is 15.0. The van der Waals surface area contributed by atoms with Gasteiger partial charge in [0.2, 0.25) is 11.8 Å². The van der Waals surface area contributed by atoms with Gasteiger partial charge in [-0.15, -0.1) is 0 Å². The van der Waals surface area contributed by atoms with Crippen molar-refractivity contribution < 1.29 is 28.6 Å². The Hall–Kier alpha value is -3.55. The Morgan fingerprint density at radius 1 is 0.852 bits per heavy atom. The Labute approximate surface area is 156 Å². The Balaban J connectivity index is 2.03. The number of nitrogens with one attached hydrogen (secondary N) is 2. The van der Waals surface area contributed by atoms with E-state index in [1.165, 1.54) is 27.4 Å². The van der Waals surface area contributed by atoms with Crippen molar-refractivity contribution >= 4 is 29.2 Å².